The number of anilines is 2. The van der Waals surface area contributed by atoms with Gasteiger partial charge in [-0.3, -0.25) is 4.79 Å². The van der Waals surface area contributed by atoms with Crippen molar-refractivity contribution in [1.29, 1.82) is 0 Å². The van der Waals surface area contributed by atoms with Gasteiger partial charge in [0.2, 0.25) is 11.9 Å². The van der Waals surface area contributed by atoms with Crippen molar-refractivity contribution in [3.63, 3.8) is 0 Å². The van der Waals surface area contributed by atoms with Crippen LogP contribution in [0, 0.1) is 11.7 Å². The molecule has 1 amide bonds. The van der Waals surface area contributed by atoms with Crippen LogP contribution in [0.1, 0.15) is 26.7 Å². The highest BCUT2D eigenvalue weighted by Gasteiger charge is 2.31. The summed E-state index contributed by atoms with van der Waals surface area (Å²) in [6.45, 7) is 4.96. The van der Waals surface area contributed by atoms with Gasteiger partial charge in [0.1, 0.15) is 0 Å². The predicted molar refractivity (Wildman–Crippen MR) is 74.9 cm³/mol. The molecule has 2 unspecified atom stereocenters. The van der Waals surface area contributed by atoms with Gasteiger partial charge in [0.05, 0.1) is 12.1 Å². The normalized spacial score (nSPS) is 22.6. The number of carbonyl (C=O) groups is 1. The minimum Gasteiger partial charge on any atom is -0.369 e. The quantitative estimate of drug-likeness (QED) is 0.864. The van der Waals surface area contributed by atoms with Crippen LogP contribution in [0.4, 0.5) is 16.2 Å². The van der Waals surface area contributed by atoms with Crippen molar-refractivity contribution in [3.8, 4) is 0 Å². The lowest BCUT2D eigenvalue weighted by Crippen LogP contribution is -2.46. The molecule has 0 saturated carbocycles. The summed E-state index contributed by atoms with van der Waals surface area (Å²) in [5.74, 6) is -0.471. The second kappa shape index (κ2) is 6.02. The Morgan fingerprint density at radius 1 is 1.60 bits per heavy atom. The first-order valence-corrected chi connectivity index (χ1v) is 6.85. The molecule has 110 valence electrons. The van der Waals surface area contributed by atoms with Gasteiger partial charge >= 0.3 is 0 Å². The van der Waals surface area contributed by atoms with Crippen LogP contribution in [-0.4, -0.2) is 35.0 Å². The molecule has 2 rings (SSSR count). The van der Waals surface area contributed by atoms with Gasteiger partial charge in [-0.2, -0.15) is 4.98 Å². The Bertz CT molecular complexity index is 496. The van der Waals surface area contributed by atoms with Gasteiger partial charge in [0.25, 0.3) is 0 Å². The fourth-order valence-corrected chi connectivity index (χ4v) is 2.44. The smallest absolute Gasteiger partial charge is 0.224 e. The van der Waals surface area contributed by atoms with Crippen molar-refractivity contribution in [1.82, 2.24) is 9.97 Å². The highest BCUT2D eigenvalue weighted by molar-refractivity contribution is 5.77. The number of nitrogens with two attached hydrogens (primary N) is 1. The number of primary amides is 1. The first-order chi connectivity index (χ1) is 9.52. The number of nitrogens with zero attached hydrogens (tertiary/aromatic N) is 3. The third-order valence-electron chi connectivity index (χ3n) is 3.62. The van der Waals surface area contributed by atoms with E-state index in [1.807, 2.05) is 13.8 Å². The fourth-order valence-electron chi connectivity index (χ4n) is 2.44. The molecule has 20 heavy (non-hydrogen) atoms. The van der Waals surface area contributed by atoms with E-state index in [0.29, 0.717) is 19.0 Å². The van der Waals surface area contributed by atoms with E-state index >= 15 is 0 Å². The number of aromatic nitrogens is 2. The van der Waals surface area contributed by atoms with Crippen molar-refractivity contribution in [2.24, 2.45) is 11.7 Å². The summed E-state index contributed by atoms with van der Waals surface area (Å²) >= 11 is 0. The van der Waals surface area contributed by atoms with Crippen molar-refractivity contribution in [3.05, 3.63) is 12.0 Å². The summed E-state index contributed by atoms with van der Waals surface area (Å²) < 4.78 is 14.0. The second-order valence-electron chi connectivity index (χ2n) is 5.07. The minimum absolute atomic E-state index is 0.115. The maximum atomic E-state index is 14.0. The molecule has 0 spiro atoms. The number of hydrogen-bond acceptors (Lipinski definition) is 5. The molecule has 0 bridgehead atoms. The lowest BCUT2D eigenvalue weighted by molar-refractivity contribution is -0.122. The maximum absolute atomic E-state index is 14.0. The Labute approximate surface area is 117 Å². The highest BCUT2D eigenvalue weighted by Crippen LogP contribution is 2.28. The largest absolute Gasteiger partial charge is 0.369 e. The Hall–Kier alpha value is -1.92. The summed E-state index contributed by atoms with van der Waals surface area (Å²) in [6.07, 6.45) is 2.67. The van der Waals surface area contributed by atoms with E-state index in [-0.39, 0.29) is 23.7 Å². The van der Waals surface area contributed by atoms with Gasteiger partial charge < -0.3 is 16.0 Å². The molecule has 0 radical (unpaired) electrons. The van der Waals surface area contributed by atoms with E-state index in [1.165, 1.54) is 0 Å². The van der Waals surface area contributed by atoms with Crippen LogP contribution in [0.3, 0.4) is 0 Å². The zero-order chi connectivity index (χ0) is 14.7. The molecule has 0 aliphatic carbocycles. The fraction of sp³-hybridized carbons (Fsp3) is 0.615. The number of carbonyl (C=O) groups excluding carboxylic acids is 1. The third kappa shape index (κ3) is 2.97. The van der Waals surface area contributed by atoms with Crippen LogP contribution >= 0.6 is 0 Å². The summed E-state index contributed by atoms with van der Waals surface area (Å²) in [5.41, 5.74) is 5.36. The lowest BCUT2D eigenvalue weighted by Gasteiger charge is -2.37. The van der Waals surface area contributed by atoms with E-state index in [1.54, 1.807) is 4.90 Å². The van der Waals surface area contributed by atoms with Gasteiger partial charge in [0, 0.05) is 19.1 Å². The Morgan fingerprint density at radius 2 is 2.35 bits per heavy atom. The average Bonchev–Trinajstić information content (AvgIpc) is 2.42. The van der Waals surface area contributed by atoms with Gasteiger partial charge in [0.15, 0.2) is 11.6 Å². The molecule has 1 aliphatic heterocycles. The molecular weight excluding hydrogens is 261 g/mol. The number of rotatable bonds is 4. The molecule has 1 aromatic rings. The summed E-state index contributed by atoms with van der Waals surface area (Å²) in [4.78, 5) is 21.2. The number of amides is 1. The standard InChI is InChI=1S/C13H20FN5O/c1-3-16-13-17-6-10(14)12(18-13)19-7-9(11(15)20)5-4-8(19)2/h6,8-9H,3-5,7H2,1-2H3,(H2,15,20)(H,16,17,18). The zero-order valence-electron chi connectivity index (χ0n) is 11.8. The lowest BCUT2D eigenvalue weighted by atomic mass is 9.93. The first kappa shape index (κ1) is 14.5. The Morgan fingerprint density at radius 3 is 3.00 bits per heavy atom. The van der Waals surface area contributed by atoms with Gasteiger partial charge in [-0.25, -0.2) is 9.37 Å². The number of piperidine rings is 1. The van der Waals surface area contributed by atoms with Crippen molar-refractivity contribution in [2.75, 3.05) is 23.3 Å². The molecule has 1 fully saturated rings. The van der Waals surface area contributed by atoms with E-state index < -0.39 is 5.82 Å². The van der Waals surface area contributed by atoms with Crippen LogP contribution in [0.25, 0.3) is 0 Å². The van der Waals surface area contributed by atoms with E-state index in [0.717, 1.165) is 19.0 Å². The third-order valence-corrected chi connectivity index (χ3v) is 3.62. The molecule has 7 heteroatoms. The van der Waals surface area contributed by atoms with Crippen LogP contribution < -0.4 is 16.0 Å². The van der Waals surface area contributed by atoms with E-state index in [2.05, 4.69) is 15.3 Å². The maximum Gasteiger partial charge on any atom is 0.224 e. The summed E-state index contributed by atoms with van der Waals surface area (Å²) in [6, 6.07) is 0.115. The minimum atomic E-state index is -0.483. The molecule has 6 nitrogen and oxygen atoms in total. The number of halogens is 1. The SMILES string of the molecule is CCNc1ncc(F)c(N2CC(C(N)=O)CCC2C)n1. The molecule has 3 N–H and O–H groups in total. The number of hydrogen-bond donors (Lipinski definition) is 2. The Balaban J connectivity index is 2.27. The summed E-state index contributed by atoms with van der Waals surface area (Å²) in [5, 5.41) is 2.96. The van der Waals surface area contributed by atoms with Crippen molar-refractivity contribution in [2.45, 2.75) is 32.7 Å². The molecular formula is C13H20FN5O. The molecule has 2 heterocycles. The van der Waals surface area contributed by atoms with Gasteiger partial charge in [-0.1, -0.05) is 0 Å². The monoisotopic (exact) mass is 281 g/mol. The van der Waals surface area contributed by atoms with Crippen LogP contribution in [0.15, 0.2) is 6.20 Å². The summed E-state index contributed by atoms with van der Waals surface area (Å²) in [7, 11) is 0. The molecule has 1 saturated heterocycles. The van der Waals surface area contributed by atoms with Gasteiger partial charge in [-0.05, 0) is 26.7 Å². The highest BCUT2D eigenvalue weighted by atomic mass is 19.1. The second-order valence-corrected chi connectivity index (χ2v) is 5.07. The van der Waals surface area contributed by atoms with Crippen LogP contribution in [0.2, 0.25) is 0 Å². The zero-order valence-corrected chi connectivity index (χ0v) is 11.8. The molecule has 1 aliphatic rings. The van der Waals surface area contributed by atoms with Crippen molar-refractivity contribution < 1.29 is 9.18 Å². The molecule has 1 aromatic heterocycles. The van der Waals surface area contributed by atoms with Crippen LogP contribution in [-0.2, 0) is 4.79 Å². The average molecular weight is 281 g/mol. The van der Waals surface area contributed by atoms with Crippen LogP contribution in [0.5, 0.6) is 0 Å². The molecule has 0 aromatic carbocycles. The predicted octanol–water partition coefficient (Wildman–Crippen LogP) is 1.14. The topological polar surface area (TPSA) is 84.1 Å². The van der Waals surface area contributed by atoms with Gasteiger partial charge in [-0.15, -0.1) is 0 Å². The Kier molecular flexibility index (Phi) is 4.36. The van der Waals surface area contributed by atoms with E-state index in [9.17, 15) is 9.18 Å². The molecule has 2 atom stereocenters. The van der Waals surface area contributed by atoms with Crippen molar-refractivity contribution >= 4 is 17.7 Å². The van der Waals surface area contributed by atoms with E-state index in [4.69, 9.17) is 5.73 Å². The first-order valence-electron chi connectivity index (χ1n) is 6.85. The number of nitrogens with one attached hydrogen (secondary N) is 1.